The van der Waals surface area contributed by atoms with E-state index in [-0.39, 0.29) is 25.6 Å². The van der Waals surface area contributed by atoms with Crippen LogP contribution in [-0.4, -0.2) is 75.6 Å². The molecule has 54 heavy (non-hydrogen) atoms. The van der Waals surface area contributed by atoms with E-state index in [4.69, 9.17) is 18.5 Å². The minimum Gasteiger partial charge on any atom is -0.460 e. The van der Waals surface area contributed by atoms with Crippen molar-refractivity contribution in [1.29, 1.82) is 0 Å². The molecule has 0 aliphatic rings. The van der Waals surface area contributed by atoms with Crippen LogP contribution in [0.5, 0.6) is 0 Å². The molecule has 0 fully saturated rings. The van der Waals surface area contributed by atoms with E-state index in [1.54, 1.807) is 0 Å². The van der Waals surface area contributed by atoms with Gasteiger partial charge in [0.25, 0.3) is 0 Å². The van der Waals surface area contributed by atoms with Gasteiger partial charge in [-0.25, -0.2) is 4.57 Å². The number of phosphoric ester groups is 1. The molecule has 8 nitrogen and oxygen atoms in total. The van der Waals surface area contributed by atoms with E-state index in [0.717, 1.165) is 38.5 Å². The third-order valence-electron chi connectivity index (χ3n) is 9.17. The van der Waals surface area contributed by atoms with Gasteiger partial charge in [0.1, 0.15) is 19.3 Å². The minimum absolute atomic E-state index is 0.0848. The van der Waals surface area contributed by atoms with Crippen LogP contribution in [0.25, 0.3) is 0 Å². The van der Waals surface area contributed by atoms with E-state index in [1.807, 2.05) is 21.1 Å². The van der Waals surface area contributed by atoms with E-state index in [9.17, 15) is 14.3 Å². The van der Waals surface area contributed by atoms with Crippen LogP contribution in [0.4, 0.5) is 0 Å². The van der Waals surface area contributed by atoms with Gasteiger partial charge in [-0.1, -0.05) is 159 Å². The molecule has 0 bridgehead atoms. The number of unbranched alkanes of at least 4 members (excludes halogenated alkanes) is 17. The number of rotatable bonds is 40. The van der Waals surface area contributed by atoms with Crippen LogP contribution in [0.15, 0.2) is 48.6 Å². The van der Waals surface area contributed by atoms with Crippen LogP contribution in [0.3, 0.4) is 0 Å². The maximum absolute atomic E-state index is 12.7. The summed E-state index contributed by atoms with van der Waals surface area (Å²) < 4.78 is 35.0. The standard InChI is InChI=1S/C45H84NO7P/c1-6-8-10-12-14-16-18-20-22-23-24-25-27-29-31-33-35-37-45(47)53-44(43-52-54(48,49)51-42-39-46(3,4)5)38-41-50-40-36-34-32-30-28-26-21-19-17-15-13-11-9-7-2/h14,16,20,22,24-25,29,31,44H,6-13,15,17-19,21,23,26-28,30,32-43H2,1-5H3/p+1/b16-14+,22-20+,25-24+,31-29+. The van der Waals surface area contributed by atoms with Crippen molar-refractivity contribution in [3.05, 3.63) is 48.6 Å². The summed E-state index contributed by atoms with van der Waals surface area (Å²) in [6.45, 7) is 5.96. The highest BCUT2D eigenvalue weighted by Gasteiger charge is 2.26. The SMILES string of the molecule is CCCCC/C=C/C/C=C/C/C=C/C/C=C/CCCC(=O)OC(CCOCCCCCCCCCCCCCCCC)COP(=O)(O)OCC[N+](C)(C)C. The smallest absolute Gasteiger partial charge is 0.460 e. The zero-order valence-corrected chi connectivity index (χ0v) is 36.6. The van der Waals surface area contributed by atoms with Crippen LogP contribution in [-0.2, 0) is 27.9 Å². The molecule has 0 aliphatic heterocycles. The fourth-order valence-corrected chi connectivity index (χ4v) is 6.45. The minimum atomic E-state index is -4.27. The molecule has 0 amide bonds. The molecule has 0 spiro atoms. The molecule has 2 unspecified atom stereocenters. The molecule has 0 aromatic heterocycles. The van der Waals surface area contributed by atoms with Crippen molar-refractivity contribution in [1.82, 2.24) is 0 Å². The van der Waals surface area contributed by atoms with Crippen LogP contribution in [0.1, 0.15) is 174 Å². The average Bonchev–Trinajstić information content (AvgIpc) is 3.12. The zero-order valence-electron chi connectivity index (χ0n) is 35.7. The third-order valence-corrected chi connectivity index (χ3v) is 10.2. The number of hydrogen-bond donors (Lipinski definition) is 1. The van der Waals surface area contributed by atoms with E-state index in [0.29, 0.717) is 37.1 Å². The van der Waals surface area contributed by atoms with Crippen molar-refractivity contribution in [2.24, 2.45) is 0 Å². The Labute approximate surface area is 333 Å². The molecule has 0 aromatic rings. The number of ether oxygens (including phenoxy) is 2. The lowest BCUT2D eigenvalue weighted by atomic mass is 10.0. The predicted molar refractivity (Wildman–Crippen MR) is 229 cm³/mol. The Kier molecular flexibility index (Phi) is 37.2. The monoisotopic (exact) mass is 783 g/mol. The summed E-state index contributed by atoms with van der Waals surface area (Å²) >= 11 is 0. The van der Waals surface area contributed by atoms with Gasteiger partial charge in [0.15, 0.2) is 0 Å². The summed E-state index contributed by atoms with van der Waals surface area (Å²) in [4.78, 5) is 22.9. The van der Waals surface area contributed by atoms with Crippen LogP contribution in [0.2, 0.25) is 0 Å². The Morgan fingerprint density at radius 2 is 1.06 bits per heavy atom. The number of phosphoric acid groups is 1. The molecule has 0 saturated heterocycles. The molecular weight excluding hydrogens is 697 g/mol. The molecule has 9 heteroatoms. The fraction of sp³-hybridized carbons (Fsp3) is 0.800. The first-order chi connectivity index (χ1) is 26.1. The molecule has 0 heterocycles. The third kappa shape index (κ3) is 41.6. The average molecular weight is 783 g/mol. The largest absolute Gasteiger partial charge is 0.472 e. The van der Waals surface area contributed by atoms with Gasteiger partial charge >= 0.3 is 13.8 Å². The number of carbonyl (C=O) groups excluding carboxylic acids is 1. The molecule has 0 aliphatic carbocycles. The van der Waals surface area contributed by atoms with Crippen molar-refractivity contribution in [2.45, 2.75) is 180 Å². The maximum Gasteiger partial charge on any atom is 0.472 e. The van der Waals surface area contributed by atoms with Gasteiger partial charge in [-0.3, -0.25) is 13.8 Å². The van der Waals surface area contributed by atoms with Gasteiger partial charge < -0.3 is 18.9 Å². The Morgan fingerprint density at radius 1 is 0.593 bits per heavy atom. The number of esters is 1. The molecule has 0 radical (unpaired) electrons. The van der Waals surface area contributed by atoms with Gasteiger partial charge in [-0.15, -0.1) is 0 Å². The first-order valence-electron chi connectivity index (χ1n) is 21.9. The highest BCUT2D eigenvalue weighted by molar-refractivity contribution is 7.47. The lowest BCUT2D eigenvalue weighted by Gasteiger charge is -2.24. The number of allylic oxidation sites excluding steroid dienone is 8. The first kappa shape index (κ1) is 52.5. The second-order valence-electron chi connectivity index (χ2n) is 15.7. The highest BCUT2D eigenvalue weighted by atomic mass is 31.2. The summed E-state index contributed by atoms with van der Waals surface area (Å²) in [5, 5.41) is 0. The van der Waals surface area contributed by atoms with E-state index in [1.165, 1.54) is 103 Å². The van der Waals surface area contributed by atoms with E-state index in [2.05, 4.69) is 62.5 Å². The number of carbonyl (C=O) groups is 1. The molecular formula is C45H85NO7P+. The molecule has 2 atom stereocenters. The lowest BCUT2D eigenvalue weighted by Crippen LogP contribution is -2.37. The van der Waals surface area contributed by atoms with Crippen LogP contribution >= 0.6 is 7.82 Å². The van der Waals surface area contributed by atoms with Gasteiger partial charge in [0.05, 0.1) is 34.4 Å². The van der Waals surface area contributed by atoms with Crippen molar-refractivity contribution < 1.29 is 37.3 Å². The van der Waals surface area contributed by atoms with Gasteiger partial charge in [-0.05, 0) is 51.4 Å². The van der Waals surface area contributed by atoms with Gasteiger partial charge in [-0.2, -0.15) is 0 Å². The van der Waals surface area contributed by atoms with Crippen LogP contribution < -0.4 is 0 Å². The van der Waals surface area contributed by atoms with Gasteiger partial charge in [0.2, 0.25) is 0 Å². The number of quaternary nitrogens is 1. The predicted octanol–water partition coefficient (Wildman–Crippen LogP) is 12.8. The molecule has 316 valence electrons. The Hall–Kier alpha value is -1.54. The molecule has 0 rings (SSSR count). The summed E-state index contributed by atoms with van der Waals surface area (Å²) in [5.74, 6) is -0.342. The van der Waals surface area contributed by atoms with E-state index < -0.39 is 13.9 Å². The number of likely N-dealkylation sites (N-methyl/N-ethyl adjacent to an activating group) is 1. The topological polar surface area (TPSA) is 91.3 Å². The Morgan fingerprint density at radius 3 is 1.57 bits per heavy atom. The lowest BCUT2D eigenvalue weighted by molar-refractivity contribution is -0.870. The summed E-state index contributed by atoms with van der Waals surface area (Å²) in [5.41, 5.74) is 0. The molecule has 0 saturated carbocycles. The highest BCUT2D eigenvalue weighted by Crippen LogP contribution is 2.43. The second kappa shape index (κ2) is 38.3. The number of hydrogen-bond acceptors (Lipinski definition) is 6. The first-order valence-corrected chi connectivity index (χ1v) is 23.4. The fourth-order valence-electron chi connectivity index (χ4n) is 5.71. The van der Waals surface area contributed by atoms with Crippen molar-refractivity contribution in [3.63, 3.8) is 0 Å². The quantitative estimate of drug-likeness (QED) is 0.0218. The summed E-state index contributed by atoms with van der Waals surface area (Å²) in [7, 11) is 1.66. The second-order valence-corrected chi connectivity index (χ2v) is 17.2. The van der Waals surface area contributed by atoms with Crippen molar-refractivity contribution >= 4 is 13.8 Å². The molecule has 1 N–H and O–H groups in total. The number of nitrogens with zero attached hydrogens (tertiary/aromatic N) is 1. The van der Waals surface area contributed by atoms with E-state index >= 15 is 0 Å². The summed E-state index contributed by atoms with van der Waals surface area (Å²) in [6.07, 6.45) is 45.1. The summed E-state index contributed by atoms with van der Waals surface area (Å²) in [6, 6.07) is 0. The van der Waals surface area contributed by atoms with Crippen molar-refractivity contribution in [2.75, 3.05) is 54.1 Å². The zero-order chi connectivity index (χ0) is 39.9. The van der Waals surface area contributed by atoms with Crippen LogP contribution in [0, 0.1) is 0 Å². The van der Waals surface area contributed by atoms with Crippen molar-refractivity contribution in [3.8, 4) is 0 Å². The van der Waals surface area contributed by atoms with Gasteiger partial charge in [0, 0.05) is 19.4 Å². The molecule has 0 aromatic carbocycles. The Balaban J connectivity index is 4.34. The normalized spacial score (nSPS) is 14.3. The Bertz CT molecular complexity index is 1000. The maximum atomic E-state index is 12.7.